The maximum Gasteiger partial charge on any atom is 0.239 e. The van der Waals surface area contributed by atoms with Gasteiger partial charge in [-0.3, -0.25) is 4.79 Å². The molecular weight excluding hydrogens is 216 g/mol. The van der Waals surface area contributed by atoms with E-state index in [1.807, 2.05) is 13.8 Å². The molecule has 1 amide bonds. The van der Waals surface area contributed by atoms with Gasteiger partial charge in [-0.1, -0.05) is 19.8 Å². The molecule has 0 fully saturated rings. The summed E-state index contributed by atoms with van der Waals surface area (Å²) in [6.45, 7) is 5.92. The Balaban J connectivity index is 2.78. The van der Waals surface area contributed by atoms with Gasteiger partial charge in [0.25, 0.3) is 0 Å². The van der Waals surface area contributed by atoms with E-state index in [2.05, 4.69) is 22.2 Å². The molecule has 5 heteroatoms. The number of hydrogen-bond acceptors (Lipinski definition) is 4. The molecule has 17 heavy (non-hydrogen) atoms. The molecule has 0 spiro atoms. The van der Waals surface area contributed by atoms with Crippen LogP contribution in [-0.4, -0.2) is 21.9 Å². The van der Waals surface area contributed by atoms with Crippen molar-refractivity contribution < 1.29 is 4.79 Å². The minimum absolute atomic E-state index is 0.339. The Morgan fingerprint density at radius 2 is 2.18 bits per heavy atom. The smallest absolute Gasteiger partial charge is 0.239 e. The molecule has 0 radical (unpaired) electrons. The first-order valence-corrected chi connectivity index (χ1v) is 5.90. The first-order chi connectivity index (χ1) is 8.06. The van der Waals surface area contributed by atoms with Gasteiger partial charge in [0, 0.05) is 11.3 Å². The summed E-state index contributed by atoms with van der Waals surface area (Å²) in [5, 5.41) is 3.10. The fraction of sp³-hybridized carbons (Fsp3) is 0.583. The van der Waals surface area contributed by atoms with E-state index in [1.165, 1.54) is 6.33 Å². The van der Waals surface area contributed by atoms with Crippen molar-refractivity contribution in [3.8, 4) is 0 Å². The minimum Gasteiger partial charge on any atom is -0.368 e. The van der Waals surface area contributed by atoms with Crippen LogP contribution in [0.15, 0.2) is 6.33 Å². The summed E-state index contributed by atoms with van der Waals surface area (Å²) in [6, 6.07) is -0.358. The van der Waals surface area contributed by atoms with Crippen molar-refractivity contribution >= 4 is 11.7 Å². The number of nitrogens with two attached hydrogens (primary N) is 1. The molecule has 1 unspecified atom stereocenters. The Hall–Kier alpha value is -1.65. The first kappa shape index (κ1) is 13.4. The number of rotatable bonds is 6. The van der Waals surface area contributed by atoms with Crippen molar-refractivity contribution in [2.24, 2.45) is 5.73 Å². The van der Waals surface area contributed by atoms with Crippen LogP contribution in [0.2, 0.25) is 0 Å². The van der Waals surface area contributed by atoms with Gasteiger partial charge in [-0.2, -0.15) is 0 Å². The van der Waals surface area contributed by atoms with Crippen LogP contribution in [0.4, 0.5) is 5.82 Å². The van der Waals surface area contributed by atoms with Crippen molar-refractivity contribution in [1.82, 2.24) is 9.97 Å². The third-order valence-corrected chi connectivity index (χ3v) is 2.84. The lowest BCUT2D eigenvalue weighted by Gasteiger charge is -2.17. The number of nitrogens with one attached hydrogen (secondary N) is 1. The number of hydrogen-bond donors (Lipinski definition) is 2. The lowest BCUT2D eigenvalue weighted by Crippen LogP contribution is -2.36. The highest BCUT2D eigenvalue weighted by Gasteiger charge is 2.16. The highest BCUT2D eigenvalue weighted by atomic mass is 16.1. The van der Waals surface area contributed by atoms with E-state index >= 15 is 0 Å². The van der Waals surface area contributed by atoms with Crippen molar-refractivity contribution in [2.75, 3.05) is 5.32 Å². The Bertz CT molecular complexity index is 392. The molecule has 3 N–H and O–H groups in total. The molecule has 1 rings (SSSR count). The van der Waals surface area contributed by atoms with Gasteiger partial charge in [-0.25, -0.2) is 9.97 Å². The summed E-state index contributed by atoms with van der Waals surface area (Å²) in [7, 11) is 0. The van der Waals surface area contributed by atoms with Gasteiger partial charge < -0.3 is 11.1 Å². The predicted molar refractivity (Wildman–Crippen MR) is 67.6 cm³/mol. The molecule has 1 heterocycles. The van der Waals surface area contributed by atoms with Crippen LogP contribution in [0, 0.1) is 13.8 Å². The fourth-order valence-electron chi connectivity index (χ4n) is 1.54. The Morgan fingerprint density at radius 1 is 1.47 bits per heavy atom. The predicted octanol–water partition coefficient (Wildman–Crippen LogP) is 1.55. The van der Waals surface area contributed by atoms with E-state index < -0.39 is 0 Å². The van der Waals surface area contributed by atoms with Gasteiger partial charge >= 0.3 is 0 Å². The zero-order valence-electron chi connectivity index (χ0n) is 10.7. The van der Waals surface area contributed by atoms with Gasteiger partial charge in [-0.15, -0.1) is 0 Å². The molecule has 0 saturated heterocycles. The van der Waals surface area contributed by atoms with Crippen LogP contribution in [0.25, 0.3) is 0 Å². The van der Waals surface area contributed by atoms with Crippen LogP contribution in [0.3, 0.4) is 0 Å². The molecule has 1 atom stereocenters. The van der Waals surface area contributed by atoms with Crippen LogP contribution < -0.4 is 11.1 Å². The van der Waals surface area contributed by atoms with E-state index in [9.17, 15) is 4.79 Å². The SMILES string of the molecule is CCCCC(Nc1ncnc(C)c1C)C(N)=O. The summed E-state index contributed by atoms with van der Waals surface area (Å²) >= 11 is 0. The Kier molecular flexibility index (Phi) is 4.87. The topological polar surface area (TPSA) is 80.9 Å². The molecule has 94 valence electrons. The summed E-state index contributed by atoms with van der Waals surface area (Å²) in [6.07, 6.45) is 4.22. The van der Waals surface area contributed by atoms with Crippen LogP contribution >= 0.6 is 0 Å². The average molecular weight is 236 g/mol. The number of amides is 1. The molecule has 1 aromatic heterocycles. The van der Waals surface area contributed by atoms with Crippen molar-refractivity contribution in [1.29, 1.82) is 0 Å². The molecule has 5 nitrogen and oxygen atoms in total. The molecule has 0 aliphatic carbocycles. The second kappa shape index (κ2) is 6.18. The third kappa shape index (κ3) is 3.69. The van der Waals surface area contributed by atoms with Gasteiger partial charge in [0.2, 0.25) is 5.91 Å². The summed E-state index contributed by atoms with van der Waals surface area (Å²) < 4.78 is 0. The fourth-order valence-corrected chi connectivity index (χ4v) is 1.54. The number of carbonyl (C=O) groups is 1. The van der Waals surface area contributed by atoms with Crippen LogP contribution in [0.1, 0.15) is 37.4 Å². The Labute approximate surface area is 102 Å². The molecule has 0 saturated carbocycles. The number of primary amides is 1. The number of aryl methyl sites for hydroxylation is 1. The van der Waals surface area contributed by atoms with Crippen LogP contribution in [0.5, 0.6) is 0 Å². The van der Waals surface area contributed by atoms with E-state index in [0.717, 1.165) is 30.5 Å². The third-order valence-electron chi connectivity index (χ3n) is 2.84. The number of aromatic nitrogens is 2. The van der Waals surface area contributed by atoms with E-state index in [4.69, 9.17) is 5.73 Å². The van der Waals surface area contributed by atoms with Gasteiger partial charge in [0.05, 0.1) is 0 Å². The van der Waals surface area contributed by atoms with Gasteiger partial charge in [-0.05, 0) is 20.3 Å². The highest BCUT2D eigenvalue weighted by Crippen LogP contribution is 2.15. The zero-order valence-corrected chi connectivity index (χ0v) is 10.7. The monoisotopic (exact) mass is 236 g/mol. The summed E-state index contributed by atoms with van der Waals surface area (Å²) in [4.78, 5) is 19.5. The number of unbranched alkanes of at least 4 members (excludes halogenated alkanes) is 1. The minimum atomic E-state index is -0.358. The highest BCUT2D eigenvalue weighted by molar-refractivity contribution is 5.82. The first-order valence-electron chi connectivity index (χ1n) is 5.90. The maximum atomic E-state index is 11.3. The van der Waals surface area contributed by atoms with E-state index in [0.29, 0.717) is 5.82 Å². The molecule has 0 aliphatic rings. The van der Waals surface area contributed by atoms with Crippen molar-refractivity contribution in [3.63, 3.8) is 0 Å². The molecule has 0 aliphatic heterocycles. The second-order valence-corrected chi connectivity index (χ2v) is 4.17. The summed E-state index contributed by atoms with van der Waals surface area (Å²) in [5.41, 5.74) is 7.23. The quantitative estimate of drug-likeness (QED) is 0.785. The van der Waals surface area contributed by atoms with E-state index in [1.54, 1.807) is 0 Å². The molecular formula is C12H20N4O. The standard InChI is InChI=1S/C12H20N4O/c1-4-5-6-10(11(13)17)16-12-8(2)9(3)14-7-15-12/h7,10H,4-6H2,1-3H3,(H2,13,17)(H,14,15,16). The van der Waals surface area contributed by atoms with Crippen molar-refractivity contribution in [2.45, 2.75) is 46.1 Å². The van der Waals surface area contributed by atoms with Crippen molar-refractivity contribution in [3.05, 3.63) is 17.6 Å². The Morgan fingerprint density at radius 3 is 2.76 bits per heavy atom. The number of carbonyl (C=O) groups excluding carboxylic acids is 1. The molecule has 0 bridgehead atoms. The van der Waals surface area contributed by atoms with Gasteiger partial charge in [0.15, 0.2) is 0 Å². The molecule has 1 aromatic rings. The van der Waals surface area contributed by atoms with E-state index in [-0.39, 0.29) is 11.9 Å². The zero-order chi connectivity index (χ0) is 12.8. The largest absolute Gasteiger partial charge is 0.368 e. The van der Waals surface area contributed by atoms with Gasteiger partial charge in [0.1, 0.15) is 18.2 Å². The van der Waals surface area contributed by atoms with Crippen LogP contribution in [-0.2, 0) is 4.79 Å². The number of nitrogens with zero attached hydrogens (tertiary/aromatic N) is 2. The molecule has 0 aromatic carbocycles. The maximum absolute atomic E-state index is 11.3. The average Bonchev–Trinajstić information content (AvgIpc) is 2.29. The summed E-state index contributed by atoms with van der Waals surface area (Å²) in [5.74, 6) is 0.353. The number of anilines is 1. The second-order valence-electron chi connectivity index (χ2n) is 4.17. The normalized spacial score (nSPS) is 12.2. The lowest BCUT2D eigenvalue weighted by atomic mass is 10.1. The lowest BCUT2D eigenvalue weighted by molar-refractivity contribution is -0.118.